The Bertz CT molecular complexity index is 562. The first-order valence-electron chi connectivity index (χ1n) is 8.03. The average Bonchev–Trinajstić information content (AvgIpc) is 2.80. The van der Waals surface area contributed by atoms with Crippen molar-refractivity contribution < 1.29 is 14.7 Å². The topological polar surface area (TPSA) is 86.9 Å². The first-order chi connectivity index (χ1) is 11.0. The lowest BCUT2D eigenvalue weighted by atomic mass is 10.0. The number of carbonyl (C=O) groups excluding carboxylic acids is 2. The fourth-order valence-corrected chi connectivity index (χ4v) is 2.93. The summed E-state index contributed by atoms with van der Waals surface area (Å²) in [5.74, 6) is -0.496. The van der Waals surface area contributed by atoms with Gasteiger partial charge in [-0.15, -0.1) is 0 Å². The number of hydrogen-bond donors (Lipinski definition) is 2. The zero-order chi connectivity index (χ0) is 16.8. The summed E-state index contributed by atoms with van der Waals surface area (Å²) in [6.45, 7) is 5.09. The number of nitrogens with two attached hydrogens (primary N) is 1. The number of amides is 2. The van der Waals surface area contributed by atoms with E-state index in [-0.39, 0.29) is 25.0 Å². The number of nitrogens with zero attached hydrogens (tertiary/aromatic N) is 2. The number of primary amides is 1. The molecule has 0 bridgehead atoms. The highest BCUT2D eigenvalue weighted by Crippen LogP contribution is 2.13. The van der Waals surface area contributed by atoms with Crippen molar-refractivity contribution in [2.24, 2.45) is 5.73 Å². The first kappa shape index (κ1) is 17.4. The van der Waals surface area contributed by atoms with Crippen molar-refractivity contribution in [2.45, 2.75) is 25.8 Å². The fourth-order valence-electron chi connectivity index (χ4n) is 2.93. The van der Waals surface area contributed by atoms with E-state index < -0.39 is 5.91 Å². The van der Waals surface area contributed by atoms with Gasteiger partial charge in [-0.1, -0.05) is 18.2 Å². The number of benzene rings is 1. The summed E-state index contributed by atoms with van der Waals surface area (Å²) in [5, 5.41) is 9.27. The number of hydrogen-bond acceptors (Lipinski definition) is 4. The Morgan fingerprint density at radius 2 is 1.96 bits per heavy atom. The van der Waals surface area contributed by atoms with Gasteiger partial charge in [-0.05, 0) is 25.0 Å². The van der Waals surface area contributed by atoms with E-state index in [0.717, 1.165) is 19.5 Å². The normalized spacial score (nSPS) is 17.6. The molecule has 126 valence electrons. The molecule has 0 aliphatic carbocycles. The van der Waals surface area contributed by atoms with E-state index in [2.05, 4.69) is 4.90 Å². The van der Waals surface area contributed by atoms with Crippen LogP contribution in [0.3, 0.4) is 0 Å². The maximum Gasteiger partial charge on any atom is 0.248 e. The van der Waals surface area contributed by atoms with E-state index >= 15 is 0 Å². The third kappa shape index (κ3) is 4.53. The molecule has 1 atom stereocenters. The molecule has 1 unspecified atom stereocenters. The van der Waals surface area contributed by atoms with Crippen molar-refractivity contribution in [3.05, 3.63) is 35.4 Å². The average molecular weight is 319 g/mol. The molecule has 3 N–H and O–H groups in total. The van der Waals surface area contributed by atoms with Gasteiger partial charge in [0.05, 0.1) is 13.0 Å². The highest BCUT2D eigenvalue weighted by Gasteiger charge is 2.22. The van der Waals surface area contributed by atoms with Gasteiger partial charge in [0.15, 0.2) is 0 Å². The van der Waals surface area contributed by atoms with Crippen LogP contribution in [0.1, 0.15) is 29.3 Å². The highest BCUT2D eigenvalue weighted by molar-refractivity contribution is 5.95. The van der Waals surface area contributed by atoms with Crippen molar-refractivity contribution in [1.29, 1.82) is 0 Å². The predicted octanol–water partition coefficient (Wildman–Crippen LogP) is 0.243. The third-order valence-corrected chi connectivity index (χ3v) is 4.40. The Morgan fingerprint density at radius 3 is 2.65 bits per heavy atom. The van der Waals surface area contributed by atoms with Crippen molar-refractivity contribution >= 4 is 11.8 Å². The molecule has 1 saturated heterocycles. The fraction of sp³-hybridized carbons (Fsp3) is 0.529. The summed E-state index contributed by atoms with van der Waals surface area (Å²) in [6, 6.07) is 7.09. The molecule has 1 fully saturated rings. The second-order valence-electron chi connectivity index (χ2n) is 6.00. The first-order valence-corrected chi connectivity index (χ1v) is 8.03. The van der Waals surface area contributed by atoms with Gasteiger partial charge in [-0.3, -0.25) is 14.5 Å². The minimum atomic E-state index is -0.507. The molecule has 6 nitrogen and oxygen atoms in total. The van der Waals surface area contributed by atoms with Gasteiger partial charge >= 0.3 is 0 Å². The van der Waals surface area contributed by atoms with Crippen molar-refractivity contribution in [3.8, 4) is 0 Å². The molecular formula is C17H25N3O3. The van der Waals surface area contributed by atoms with E-state index in [0.29, 0.717) is 24.2 Å². The van der Waals surface area contributed by atoms with Crippen LogP contribution in [0.2, 0.25) is 0 Å². The van der Waals surface area contributed by atoms with Crippen LogP contribution < -0.4 is 5.73 Å². The molecule has 0 radical (unpaired) electrons. The predicted molar refractivity (Wildman–Crippen MR) is 88.0 cm³/mol. The summed E-state index contributed by atoms with van der Waals surface area (Å²) in [6.07, 6.45) is 1.07. The molecule has 1 aliphatic rings. The summed E-state index contributed by atoms with van der Waals surface area (Å²) in [4.78, 5) is 28.0. The van der Waals surface area contributed by atoms with Crippen molar-refractivity contribution in [1.82, 2.24) is 9.80 Å². The van der Waals surface area contributed by atoms with Crippen LogP contribution in [-0.2, 0) is 11.2 Å². The zero-order valence-electron chi connectivity index (χ0n) is 13.6. The lowest BCUT2D eigenvalue weighted by Crippen LogP contribution is -2.40. The van der Waals surface area contributed by atoms with E-state index in [1.165, 1.54) is 0 Å². The third-order valence-electron chi connectivity index (χ3n) is 4.40. The van der Waals surface area contributed by atoms with Gasteiger partial charge in [-0.25, -0.2) is 0 Å². The van der Waals surface area contributed by atoms with Gasteiger partial charge in [0.1, 0.15) is 0 Å². The zero-order valence-corrected chi connectivity index (χ0v) is 13.6. The second-order valence-corrected chi connectivity index (χ2v) is 6.00. The highest BCUT2D eigenvalue weighted by atomic mass is 16.3. The summed E-state index contributed by atoms with van der Waals surface area (Å²) >= 11 is 0. The Kier molecular flexibility index (Phi) is 6.12. The van der Waals surface area contributed by atoms with Crippen molar-refractivity contribution in [3.63, 3.8) is 0 Å². The number of aliphatic hydroxyl groups is 1. The summed E-state index contributed by atoms with van der Waals surface area (Å²) in [7, 11) is 0. The van der Waals surface area contributed by atoms with Crippen LogP contribution in [-0.4, -0.2) is 65.5 Å². The standard InChI is InChI=1S/C17H25N3O3/c1-13(12-21)19-7-4-8-20(10-9-19)16(22)11-14-5-2-3-6-15(14)17(18)23/h2-3,5-6,13,21H,4,7-12H2,1H3,(H2,18,23). The van der Waals surface area contributed by atoms with E-state index in [9.17, 15) is 14.7 Å². The number of carbonyl (C=O) groups is 2. The van der Waals surface area contributed by atoms with E-state index in [1.54, 1.807) is 18.2 Å². The second kappa shape index (κ2) is 8.08. The van der Waals surface area contributed by atoms with Crippen molar-refractivity contribution in [2.75, 3.05) is 32.8 Å². The summed E-state index contributed by atoms with van der Waals surface area (Å²) < 4.78 is 0. The van der Waals surface area contributed by atoms with Gasteiger partial charge in [0.25, 0.3) is 0 Å². The molecule has 1 aromatic rings. The maximum absolute atomic E-state index is 12.5. The summed E-state index contributed by atoms with van der Waals surface area (Å²) in [5.41, 5.74) is 6.45. The quantitative estimate of drug-likeness (QED) is 0.814. The molecule has 0 saturated carbocycles. The molecule has 0 spiro atoms. The van der Waals surface area contributed by atoms with Crippen LogP contribution in [0, 0.1) is 0 Å². The molecule has 2 amide bonds. The van der Waals surface area contributed by atoms with E-state index in [4.69, 9.17) is 5.73 Å². The van der Waals surface area contributed by atoms with Crippen LogP contribution in [0.4, 0.5) is 0 Å². The largest absolute Gasteiger partial charge is 0.395 e. The number of aliphatic hydroxyl groups excluding tert-OH is 1. The molecule has 1 aliphatic heterocycles. The molecule has 0 aromatic heterocycles. The van der Waals surface area contributed by atoms with Gasteiger partial charge in [0, 0.05) is 37.8 Å². The van der Waals surface area contributed by atoms with Crippen LogP contribution >= 0.6 is 0 Å². The maximum atomic E-state index is 12.5. The monoisotopic (exact) mass is 319 g/mol. The van der Waals surface area contributed by atoms with Gasteiger partial charge < -0.3 is 15.7 Å². The Morgan fingerprint density at radius 1 is 1.22 bits per heavy atom. The molecule has 1 aromatic carbocycles. The Balaban J connectivity index is 2.00. The lowest BCUT2D eigenvalue weighted by molar-refractivity contribution is -0.130. The van der Waals surface area contributed by atoms with Gasteiger partial charge in [-0.2, -0.15) is 0 Å². The molecule has 2 rings (SSSR count). The number of rotatable bonds is 5. The smallest absolute Gasteiger partial charge is 0.248 e. The lowest BCUT2D eigenvalue weighted by Gasteiger charge is -2.26. The van der Waals surface area contributed by atoms with E-state index in [1.807, 2.05) is 17.9 Å². The van der Waals surface area contributed by atoms with Crippen LogP contribution in [0.5, 0.6) is 0 Å². The minimum absolute atomic E-state index is 0.0113. The molecule has 1 heterocycles. The Labute approximate surface area is 136 Å². The van der Waals surface area contributed by atoms with Gasteiger partial charge in [0.2, 0.25) is 11.8 Å². The molecule has 6 heteroatoms. The van der Waals surface area contributed by atoms with Crippen LogP contribution in [0.15, 0.2) is 24.3 Å². The minimum Gasteiger partial charge on any atom is -0.395 e. The SMILES string of the molecule is CC(CO)N1CCCN(C(=O)Cc2ccccc2C(N)=O)CC1. The molecule has 23 heavy (non-hydrogen) atoms. The Hall–Kier alpha value is -1.92. The van der Waals surface area contributed by atoms with Crippen LogP contribution in [0.25, 0.3) is 0 Å². The molecular weight excluding hydrogens is 294 g/mol.